The van der Waals surface area contributed by atoms with Gasteiger partial charge in [0.25, 0.3) is 0 Å². The molecule has 0 rings (SSSR count). The molecule has 0 saturated heterocycles. The van der Waals surface area contributed by atoms with Crippen LogP contribution in [0.2, 0.25) is 0 Å². The summed E-state index contributed by atoms with van der Waals surface area (Å²) in [7, 11) is 0. The Morgan fingerprint density at radius 3 is 2.40 bits per heavy atom. The van der Waals surface area contributed by atoms with E-state index in [-0.39, 0.29) is 0 Å². The number of ether oxygens (including phenoxy) is 1. The van der Waals surface area contributed by atoms with Gasteiger partial charge in [0.1, 0.15) is 0 Å². The van der Waals surface area contributed by atoms with Gasteiger partial charge in [-0.2, -0.15) is 0 Å². The Kier molecular flexibility index (Phi) is 3.96. The number of hydrogen-bond donors (Lipinski definition) is 0. The van der Waals surface area contributed by atoms with Crippen LogP contribution < -0.4 is 0 Å². The van der Waals surface area contributed by atoms with Gasteiger partial charge < -0.3 is 4.74 Å². The fourth-order valence-corrected chi connectivity index (χ4v) is 0.463. The van der Waals surface area contributed by atoms with Crippen LogP contribution in [0.15, 0.2) is 37.1 Å². The standard InChI is InChI=1S/C8H10O2/c1-4-7(5-2)8(9)10-6-3/h4-6H,1,3H2,2H3/b7-5+. The van der Waals surface area contributed by atoms with Gasteiger partial charge in [0, 0.05) is 0 Å². The first-order valence-electron chi connectivity index (χ1n) is 2.87. The Hall–Kier alpha value is -1.31. The van der Waals surface area contributed by atoms with E-state index >= 15 is 0 Å². The molecule has 0 spiro atoms. The van der Waals surface area contributed by atoms with Crippen LogP contribution in [-0.4, -0.2) is 5.97 Å². The molecule has 0 saturated carbocycles. The lowest BCUT2D eigenvalue weighted by atomic mass is 10.2. The quantitative estimate of drug-likeness (QED) is 0.257. The van der Waals surface area contributed by atoms with Crippen LogP contribution in [0.3, 0.4) is 0 Å². The molecular formula is C8H10O2. The average Bonchev–Trinajstić information content (AvgIpc) is 1.91. The molecule has 0 aliphatic heterocycles. The zero-order chi connectivity index (χ0) is 7.98. The Bertz CT molecular complexity index is 178. The number of carbonyl (C=O) groups excluding carboxylic acids is 1. The molecule has 0 bridgehead atoms. The van der Waals surface area contributed by atoms with Gasteiger partial charge in [-0.05, 0) is 6.92 Å². The van der Waals surface area contributed by atoms with E-state index in [1.54, 1.807) is 13.0 Å². The lowest BCUT2D eigenvalue weighted by Crippen LogP contribution is -2.00. The van der Waals surface area contributed by atoms with Crippen LogP contribution in [0.5, 0.6) is 0 Å². The predicted octanol–water partition coefficient (Wildman–Crippen LogP) is 1.81. The summed E-state index contributed by atoms with van der Waals surface area (Å²) in [5.41, 5.74) is 0.444. The summed E-state index contributed by atoms with van der Waals surface area (Å²) in [5.74, 6) is -0.424. The smallest absolute Gasteiger partial charge is 0.342 e. The Morgan fingerprint density at radius 1 is 1.50 bits per heavy atom. The lowest BCUT2D eigenvalue weighted by molar-refractivity contribution is -0.133. The molecule has 10 heavy (non-hydrogen) atoms. The van der Waals surface area contributed by atoms with Crippen molar-refractivity contribution in [3.63, 3.8) is 0 Å². The van der Waals surface area contributed by atoms with Crippen molar-refractivity contribution in [1.82, 2.24) is 0 Å². The molecule has 0 fully saturated rings. The van der Waals surface area contributed by atoms with Gasteiger partial charge in [-0.15, -0.1) is 0 Å². The van der Waals surface area contributed by atoms with Crippen LogP contribution in [0, 0.1) is 0 Å². The zero-order valence-corrected chi connectivity index (χ0v) is 5.96. The van der Waals surface area contributed by atoms with Crippen LogP contribution in [0.1, 0.15) is 6.92 Å². The number of allylic oxidation sites excluding steroid dienone is 1. The van der Waals surface area contributed by atoms with Gasteiger partial charge in [0.15, 0.2) is 0 Å². The fourth-order valence-electron chi connectivity index (χ4n) is 0.463. The second kappa shape index (κ2) is 4.56. The summed E-state index contributed by atoms with van der Waals surface area (Å²) in [6.45, 7) is 8.42. The van der Waals surface area contributed by atoms with Crippen LogP contribution >= 0.6 is 0 Å². The van der Waals surface area contributed by atoms with Gasteiger partial charge >= 0.3 is 5.97 Å². The first-order chi connectivity index (χ1) is 4.76. The molecule has 0 heterocycles. The van der Waals surface area contributed by atoms with Crippen molar-refractivity contribution in [1.29, 1.82) is 0 Å². The molecule has 0 aromatic heterocycles. The Morgan fingerprint density at radius 2 is 2.10 bits per heavy atom. The van der Waals surface area contributed by atoms with Crippen molar-refractivity contribution >= 4 is 5.97 Å². The van der Waals surface area contributed by atoms with E-state index in [1.165, 1.54) is 6.08 Å². The summed E-state index contributed by atoms with van der Waals surface area (Å²) in [4.78, 5) is 10.8. The molecule has 0 atom stereocenters. The van der Waals surface area contributed by atoms with Crippen LogP contribution in [0.25, 0.3) is 0 Å². The Labute approximate surface area is 60.5 Å². The molecule has 0 aromatic rings. The summed E-state index contributed by atoms with van der Waals surface area (Å²) in [5, 5.41) is 0. The maximum Gasteiger partial charge on any atom is 0.342 e. The minimum atomic E-state index is -0.424. The number of carbonyl (C=O) groups is 1. The van der Waals surface area contributed by atoms with Crippen molar-refractivity contribution in [3.8, 4) is 0 Å². The molecule has 54 valence electrons. The molecule has 0 radical (unpaired) electrons. The third-order valence-electron chi connectivity index (χ3n) is 0.957. The van der Waals surface area contributed by atoms with E-state index in [4.69, 9.17) is 0 Å². The van der Waals surface area contributed by atoms with Crippen LogP contribution in [0.4, 0.5) is 0 Å². The van der Waals surface area contributed by atoms with E-state index < -0.39 is 5.97 Å². The van der Waals surface area contributed by atoms with Crippen molar-refractivity contribution in [2.45, 2.75) is 6.92 Å². The maximum atomic E-state index is 10.8. The SMILES string of the molecule is C=COC(=O)/C(C=C)=C/C. The van der Waals surface area contributed by atoms with E-state index in [0.29, 0.717) is 5.57 Å². The normalized spacial score (nSPS) is 10.3. The molecule has 0 amide bonds. The zero-order valence-electron chi connectivity index (χ0n) is 5.96. The van der Waals surface area contributed by atoms with Crippen molar-refractivity contribution in [3.05, 3.63) is 37.1 Å². The van der Waals surface area contributed by atoms with Gasteiger partial charge in [-0.3, -0.25) is 0 Å². The first-order valence-corrected chi connectivity index (χ1v) is 2.87. The summed E-state index contributed by atoms with van der Waals surface area (Å²) >= 11 is 0. The minimum Gasteiger partial charge on any atom is -0.432 e. The lowest BCUT2D eigenvalue weighted by Gasteiger charge is -1.96. The van der Waals surface area contributed by atoms with E-state index in [0.717, 1.165) is 6.26 Å². The van der Waals surface area contributed by atoms with Crippen molar-refractivity contribution in [2.24, 2.45) is 0 Å². The molecule has 0 aliphatic rings. The van der Waals surface area contributed by atoms with Gasteiger partial charge in [0.05, 0.1) is 11.8 Å². The molecule has 0 aromatic carbocycles. The van der Waals surface area contributed by atoms with Crippen molar-refractivity contribution in [2.75, 3.05) is 0 Å². The third-order valence-corrected chi connectivity index (χ3v) is 0.957. The van der Waals surface area contributed by atoms with E-state index in [9.17, 15) is 4.79 Å². The third kappa shape index (κ3) is 2.31. The molecule has 2 nitrogen and oxygen atoms in total. The molecule has 0 N–H and O–H groups in total. The van der Waals surface area contributed by atoms with Gasteiger partial charge in [0.2, 0.25) is 0 Å². The summed E-state index contributed by atoms with van der Waals surface area (Å²) in [6.07, 6.45) is 4.15. The van der Waals surface area contributed by atoms with E-state index in [1.807, 2.05) is 0 Å². The van der Waals surface area contributed by atoms with Gasteiger partial charge in [-0.25, -0.2) is 4.79 Å². The monoisotopic (exact) mass is 138 g/mol. The summed E-state index contributed by atoms with van der Waals surface area (Å²) < 4.78 is 4.47. The minimum absolute atomic E-state index is 0.424. The Balaban J connectivity index is 4.16. The maximum absolute atomic E-state index is 10.8. The van der Waals surface area contributed by atoms with Crippen LogP contribution in [-0.2, 0) is 9.53 Å². The van der Waals surface area contributed by atoms with Crippen molar-refractivity contribution < 1.29 is 9.53 Å². The highest BCUT2D eigenvalue weighted by atomic mass is 16.5. The highest BCUT2D eigenvalue weighted by Gasteiger charge is 2.02. The molecule has 0 unspecified atom stereocenters. The number of hydrogen-bond acceptors (Lipinski definition) is 2. The number of esters is 1. The second-order valence-electron chi connectivity index (χ2n) is 1.52. The first kappa shape index (κ1) is 8.69. The predicted molar refractivity (Wildman–Crippen MR) is 40.2 cm³/mol. The molecular weight excluding hydrogens is 128 g/mol. The second-order valence-corrected chi connectivity index (χ2v) is 1.52. The average molecular weight is 138 g/mol. The summed E-state index contributed by atoms with van der Waals surface area (Å²) in [6, 6.07) is 0. The largest absolute Gasteiger partial charge is 0.432 e. The number of rotatable bonds is 3. The molecule has 2 heteroatoms. The van der Waals surface area contributed by atoms with Gasteiger partial charge in [-0.1, -0.05) is 25.3 Å². The topological polar surface area (TPSA) is 26.3 Å². The highest BCUT2D eigenvalue weighted by Crippen LogP contribution is 1.98. The fraction of sp³-hybridized carbons (Fsp3) is 0.125. The highest BCUT2D eigenvalue weighted by molar-refractivity contribution is 5.91. The molecule has 0 aliphatic carbocycles. The van der Waals surface area contributed by atoms with E-state index in [2.05, 4.69) is 17.9 Å².